The van der Waals surface area contributed by atoms with Crippen LogP contribution in [0.2, 0.25) is 0 Å². The average molecular weight is 304 g/mol. The molecule has 6 heteroatoms. The maximum atomic E-state index is 12.0. The summed E-state index contributed by atoms with van der Waals surface area (Å²) in [6, 6.07) is 14.1. The van der Waals surface area contributed by atoms with E-state index in [0.29, 0.717) is 23.1 Å². The number of aromatic nitrogens is 2. The molecule has 3 rings (SSSR count). The third-order valence-corrected chi connectivity index (χ3v) is 3.61. The molecule has 0 radical (unpaired) electrons. The highest BCUT2D eigenvalue weighted by molar-refractivity contribution is 6.06. The Hall–Kier alpha value is -3.46. The van der Waals surface area contributed by atoms with Crippen molar-refractivity contribution >= 4 is 16.7 Å². The molecule has 0 atom stereocenters. The number of nitrogens with zero attached hydrogens (tertiary/aromatic N) is 2. The van der Waals surface area contributed by atoms with Crippen LogP contribution in [0.25, 0.3) is 10.8 Å². The molecule has 0 spiro atoms. The van der Waals surface area contributed by atoms with Gasteiger partial charge in [0.2, 0.25) is 5.91 Å². The quantitative estimate of drug-likeness (QED) is 0.763. The number of aromatic amines is 1. The van der Waals surface area contributed by atoms with Gasteiger partial charge in [-0.25, -0.2) is 5.10 Å². The monoisotopic (exact) mass is 304 g/mol. The molecule has 1 amide bonds. The zero-order valence-corrected chi connectivity index (χ0v) is 12.0. The Bertz CT molecular complexity index is 998. The Morgan fingerprint density at radius 3 is 2.61 bits per heavy atom. The molecule has 0 aliphatic heterocycles. The SMILES string of the molecule is N#Cc1ccc(Cc2n[nH]c(=O)c3c(C(N)=O)cccc23)cc1. The van der Waals surface area contributed by atoms with E-state index in [2.05, 4.69) is 16.3 Å². The molecule has 0 saturated heterocycles. The molecule has 0 unspecified atom stereocenters. The summed E-state index contributed by atoms with van der Waals surface area (Å²) in [4.78, 5) is 23.6. The maximum Gasteiger partial charge on any atom is 0.272 e. The summed E-state index contributed by atoms with van der Waals surface area (Å²) in [5, 5.41) is 16.2. The van der Waals surface area contributed by atoms with Crippen LogP contribution < -0.4 is 11.3 Å². The van der Waals surface area contributed by atoms with Crippen molar-refractivity contribution in [3.63, 3.8) is 0 Å². The fourth-order valence-corrected chi connectivity index (χ4v) is 2.50. The number of primary amides is 1. The maximum absolute atomic E-state index is 12.0. The van der Waals surface area contributed by atoms with Crippen molar-refractivity contribution in [1.82, 2.24) is 10.2 Å². The molecular weight excluding hydrogens is 292 g/mol. The number of rotatable bonds is 3. The summed E-state index contributed by atoms with van der Waals surface area (Å²) in [6.07, 6.45) is 0.460. The Morgan fingerprint density at radius 1 is 1.22 bits per heavy atom. The first kappa shape index (κ1) is 14.5. The van der Waals surface area contributed by atoms with Crippen molar-refractivity contribution in [2.45, 2.75) is 6.42 Å². The van der Waals surface area contributed by atoms with E-state index in [1.165, 1.54) is 6.07 Å². The van der Waals surface area contributed by atoms with Crippen LogP contribution in [0.1, 0.15) is 27.2 Å². The van der Waals surface area contributed by atoms with Crippen molar-refractivity contribution < 1.29 is 4.79 Å². The lowest BCUT2D eigenvalue weighted by molar-refractivity contribution is 0.100. The molecule has 1 aromatic heterocycles. The number of amides is 1. The normalized spacial score (nSPS) is 10.4. The number of nitriles is 1. The fourth-order valence-electron chi connectivity index (χ4n) is 2.50. The third kappa shape index (κ3) is 2.68. The first-order valence-corrected chi connectivity index (χ1v) is 6.89. The van der Waals surface area contributed by atoms with Crippen LogP contribution in [0, 0.1) is 11.3 Å². The zero-order chi connectivity index (χ0) is 16.4. The second-order valence-electron chi connectivity index (χ2n) is 5.08. The molecule has 0 aliphatic carbocycles. The molecule has 0 bridgehead atoms. The van der Waals surface area contributed by atoms with Gasteiger partial charge in [0.15, 0.2) is 0 Å². The van der Waals surface area contributed by atoms with E-state index < -0.39 is 11.5 Å². The van der Waals surface area contributed by atoms with Gasteiger partial charge in [-0.3, -0.25) is 9.59 Å². The number of benzene rings is 2. The van der Waals surface area contributed by atoms with Crippen molar-refractivity contribution in [3.8, 4) is 6.07 Å². The number of fused-ring (bicyclic) bond motifs is 1. The van der Waals surface area contributed by atoms with Gasteiger partial charge in [0.1, 0.15) is 0 Å². The van der Waals surface area contributed by atoms with Gasteiger partial charge in [-0.15, -0.1) is 0 Å². The van der Waals surface area contributed by atoms with E-state index in [4.69, 9.17) is 11.0 Å². The van der Waals surface area contributed by atoms with Gasteiger partial charge in [-0.2, -0.15) is 10.4 Å². The summed E-state index contributed by atoms with van der Waals surface area (Å²) < 4.78 is 0. The van der Waals surface area contributed by atoms with Gasteiger partial charge in [0.25, 0.3) is 5.56 Å². The summed E-state index contributed by atoms with van der Waals surface area (Å²) in [7, 11) is 0. The lowest BCUT2D eigenvalue weighted by Crippen LogP contribution is -2.18. The smallest absolute Gasteiger partial charge is 0.272 e. The molecule has 1 heterocycles. The van der Waals surface area contributed by atoms with E-state index in [9.17, 15) is 9.59 Å². The van der Waals surface area contributed by atoms with Crippen LogP contribution in [-0.4, -0.2) is 16.1 Å². The van der Waals surface area contributed by atoms with Crippen LogP contribution in [0.4, 0.5) is 0 Å². The van der Waals surface area contributed by atoms with Crippen molar-refractivity contribution in [3.05, 3.63) is 75.2 Å². The summed E-state index contributed by atoms with van der Waals surface area (Å²) in [5.74, 6) is -0.656. The van der Waals surface area contributed by atoms with Gasteiger partial charge in [0.05, 0.1) is 28.3 Å². The van der Waals surface area contributed by atoms with Crippen molar-refractivity contribution in [1.29, 1.82) is 5.26 Å². The topological polar surface area (TPSA) is 113 Å². The number of nitrogens with one attached hydrogen (secondary N) is 1. The van der Waals surface area contributed by atoms with Gasteiger partial charge >= 0.3 is 0 Å². The largest absolute Gasteiger partial charge is 0.366 e. The highest BCUT2D eigenvalue weighted by Gasteiger charge is 2.13. The first-order chi connectivity index (χ1) is 11.1. The molecule has 23 heavy (non-hydrogen) atoms. The standard InChI is InChI=1S/C17H12N4O2/c18-9-11-6-4-10(5-7-11)8-14-12-2-1-3-13(16(19)22)15(12)17(23)21-20-14/h1-7H,8H2,(H2,19,22)(H,21,23). The Labute approximate surface area is 131 Å². The van der Waals surface area contributed by atoms with Crippen molar-refractivity contribution in [2.24, 2.45) is 5.73 Å². The molecule has 6 nitrogen and oxygen atoms in total. The molecule has 2 aromatic carbocycles. The van der Waals surface area contributed by atoms with E-state index >= 15 is 0 Å². The van der Waals surface area contributed by atoms with Gasteiger partial charge in [-0.1, -0.05) is 24.3 Å². The van der Waals surface area contributed by atoms with E-state index in [1.807, 2.05) is 12.1 Å². The first-order valence-electron chi connectivity index (χ1n) is 6.89. The molecule has 0 fully saturated rings. The Balaban J connectivity index is 2.13. The van der Waals surface area contributed by atoms with Gasteiger partial charge < -0.3 is 5.73 Å². The molecule has 112 valence electrons. The summed E-state index contributed by atoms with van der Waals surface area (Å²) in [5.41, 5.74) is 7.21. The van der Waals surface area contributed by atoms with E-state index in [-0.39, 0.29) is 10.9 Å². The van der Waals surface area contributed by atoms with E-state index in [0.717, 1.165) is 5.56 Å². The number of H-pyrrole nitrogens is 1. The minimum atomic E-state index is -0.656. The highest BCUT2D eigenvalue weighted by Crippen LogP contribution is 2.19. The van der Waals surface area contributed by atoms with Crippen LogP contribution in [0.3, 0.4) is 0 Å². The van der Waals surface area contributed by atoms with Crippen LogP contribution in [0.15, 0.2) is 47.3 Å². The lowest BCUT2D eigenvalue weighted by atomic mass is 10.0. The lowest BCUT2D eigenvalue weighted by Gasteiger charge is -2.07. The van der Waals surface area contributed by atoms with Crippen LogP contribution in [-0.2, 0) is 6.42 Å². The van der Waals surface area contributed by atoms with E-state index in [1.54, 1.807) is 24.3 Å². The molecular formula is C17H12N4O2. The summed E-state index contributed by atoms with van der Waals surface area (Å²) >= 11 is 0. The van der Waals surface area contributed by atoms with Gasteiger partial charge in [-0.05, 0) is 23.8 Å². The number of carbonyl (C=O) groups is 1. The minimum Gasteiger partial charge on any atom is -0.366 e. The zero-order valence-electron chi connectivity index (χ0n) is 12.0. The fraction of sp³-hybridized carbons (Fsp3) is 0.0588. The molecule has 0 saturated carbocycles. The number of nitrogens with two attached hydrogens (primary N) is 1. The molecule has 3 N–H and O–H groups in total. The molecule has 3 aromatic rings. The predicted octanol–water partition coefficient (Wildman–Crippen LogP) is 1.48. The van der Waals surface area contributed by atoms with Crippen LogP contribution >= 0.6 is 0 Å². The highest BCUT2D eigenvalue weighted by atomic mass is 16.1. The predicted molar refractivity (Wildman–Crippen MR) is 84.8 cm³/mol. The number of carbonyl (C=O) groups excluding carboxylic acids is 1. The van der Waals surface area contributed by atoms with Gasteiger partial charge in [0, 0.05) is 11.8 Å². The third-order valence-electron chi connectivity index (χ3n) is 3.61. The Morgan fingerprint density at radius 2 is 1.96 bits per heavy atom. The number of hydrogen-bond acceptors (Lipinski definition) is 4. The summed E-state index contributed by atoms with van der Waals surface area (Å²) in [6.45, 7) is 0. The Kier molecular flexibility index (Phi) is 3.61. The van der Waals surface area contributed by atoms with Crippen LogP contribution in [0.5, 0.6) is 0 Å². The second kappa shape index (κ2) is 5.73. The van der Waals surface area contributed by atoms with Crippen molar-refractivity contribution in [2.75, 3.05) is 0 Å². The average Bonchev–Trinajstić information content (AvgIpc) is 2.57. The molecule has 0 aliphatic rings. The second-order valence-corrected chi connectivity index (χ2v) is 5.08. The minimum absolute atomic E-state index is 0.173. The number of hydrogen-bond donors (Lipinski definition) is 2.